The van der Waals surface area contributed by atoms with E-state index in [1.54, 1.807) is 18.2 Å². The van der Waals surface area contributed by atoms with Gasteiger partial charge in [0.1, 0.15) is 5.75 Å². The van der Waals surface area contributed by atoms with Crippen LogP contribution in [0.5, 0.6) is 5.75 Å². The number of nitrogens with zero attached hydrogens (tertiary/aromatic N) is 2. The van der Waals surface area contributed by atoms with E-state index in [9.17, 15) is 9.59 Å². The fraction of sp³-hybridized carbons (Fsp3) is 0.400. The molecule has 2 aromatic carbocycles. The van der Waals surface area contributed by atoms with Crippen LogP contribution in [0.1, 0.15) is 47.2 Å². The molecule has 8 heteroatoms. The number of benzene rings is 2. The monoisotopic (exact) mass is 467 g/mol. The molecule has 2 aliphatic rings. The number of carboxylic acid groups (broad SMARTS) is 1. The minimum atomic E-state index is -0.823. The third-order valence-corrected chi connectivity index (χ3v) is 6.57. The van der Waals surface area contributed by atoms with Gasteiger partial charge in [0, 0.05) is 24.7 Å². The quantitative estimate of drug-likeness (QED) is 0.613. The molecule has 1 aliphatic heterocycles. The van der Waals surface area contributed by atoms with E-state index in [1.165, 1.54) is 0 Å². The molecule has 0 unspecified atom stereocenters. The molecular formula is C25H26ClN3O4. The fourth-order valence-electron chi connectivity index (χ4n) is 4.52. The lowest BCUT2D eigenvalue weighted by molar-refractivity contribution is -0.138. The van der Waals surface area contributed by atoms with Crippen LogP contribution in [-0.2, 0) is 17.8 Å². The third kappa shape index (κ3) is 5.84. The summed E-state index contributed by atoms with van der Waals surface area (Å²) in [7, 11) is 0. The predicted octanol–water partition coefficient (Wildman–Crippen LogP) is 4.45. The molecule has 0 saturated heterocycles. The molecule has 2 N–H and O–H groups in total. The summed E-state index contributed by atoms with van der Waals surface area (Å²) in [4.78, 5) is 29.0. The van der Waals surface area contributed by atoms with Crippen LogP contribution in [0.4, 0.5) is 5.69 Å². The summed E-state index contributed by atoms with van der Waals surface area (Å²) in [5.74, 6) is -0.233. The Morgan fingerprint density at radius 2 is 1.94 bits per heavy atom. The van der Waals surface area contributed by atoms with Gasteiger partial charge in [0.15, 0.2) is 0 Å². The van der Waals surface area contributed by atoms with Gasteiger partial charge in [0.05, 0.1) is 24.2 Å². The van der Waals surface area contributed by atoms with Crippen molar-refractivity contribution >= 4 is 29.2 Å². The Bertz CT molecular complexity index is 1090. The summed E-state index contributed by atoms with van der Waals surface area (Å²) in [6.45, 7) is 8.38. The zero-order valence-electron chi connectivity index (χ0n) is 18.2. The Balaban J connectivity index is 1.28. The first-order valence-electron chi connectivity index (χ1n) is 11.1. The molecule has 1 aliphatic carbocycles. The van der Waals surface area contributed by atoms with Crippen molar-refractivity contribution in [3.8, 4) is 5.75 Å². The average molecular weight is 468 g/mol. The van der Waals surface area contributed by atoms with Gasteiger partial charge < -0.3 is 15.2 Å². The van der Waals surface area contributed by atoms with Crippen LogP contribution in [0.15, 0.2) is 36.4 Å². The molecule has 0 atom stereocenters. The summed E-state index contributed by atoms with van der Waals surface area (Å²) >= 11 is 6.09. The Hall–Kier alpha value is -3.08. The van der Waals surface area contributed by atoms with E-state index in [4.69, 9.17) is 28.0 Å². The molecule has 0 radical (unpaired) electrons. The topological polar surface area (TPSA) is 83.2 Å². The maximum atomic E-state index is 12.8. The molecule has 0 bridgehead atoms. The zero-order valence-corrected chi connectivity index (χ0v) is 19.0. The van der Waals surface area contributed by atoms with Crippen LogP contribution in [-0.4, -0.2) is 47.1 Å². The van der Waals surface area contributed by atoms with Gasteiger partial charge in [0.25, 0.3) is 5.91 Å². The number of fused-ring (bicyclic) bond motifs is 1. The number of halogens is 1. The first-order valence-corrected chi connectivity index (χ1v) is 11.5. The summed E-state index contributed by atoms with van der Waals surface area (Å²) in [6, 6.07) is 10.9. The zero-order chi connectivity index (χ0) is 23.4. The van der Waals surface area contributed by atoms with Crippen molar-refractivity contribution in [2.75, 3.05) is 13.1 Å². The lowest BCUT2D eigenvalue weighted by atomic mass is 9.92. The molecule has 1 heterocycles. The van der Waals surface area contributed by atoms with E-state index in [1.807, 2.05) is 23.1 Å². The van der Waals surface area contributed by atoms with Crippen molar-refractivity contribution in [3.63, 3.8) is 0 Å². The highest BCUT2D eigenvalue weighted by Gasteiger charge is 2.25. The smallest absolute Gasteiger partial charge is 0.317 e. The number of carbonyl (C=O) groups excluding carboxylic acids is 1. The number of aliphatic carboxylic acids is 1. The second kappa shape index (κ2) is 10.2. The number of carbonyl (C=O) groups is 2. The normalized spacial score (nSPS) is 20.4. The first-order chi connectivity index (χ1) is 15.9. The largest absolute Gasteiger partial charge is 0.490 e. The maximum absolute atomic E-state index is 12.8. The molecule has 1 amide bonds. The summed E-state index contributed by atoms with van der Waals surface area (Å²) < 4.78 is 6.03. The van der Waals surface area contributed by atoms with Crippen molar-refractivity contribution < 1.29 is 19.4 Å². The van der Waals surface area contributed by atoms with Crippen molar-refractivity contribution in [3.05, 3.63) is 69.5 Å². The lowest BCUT2D eigenvalue weighted by Gasteiger charge is -2.30. The summed E-state index contributed by atoms with van der Waals surface area (Å²) in [6.07, 6.45) is 4.13. The molecule has 4 rings (SSSR count). The molecule has 1 saturated carbocycles. The van der Waals surface area contributed by atoms with Crippen molar-refractivity contribution in [1.29, 1.82) is 0 Å². The molecule has 1 fully saturated rings. The van der Waals surface area contributed by atoms with Gasteiger partial charge in [-0.25, -0.2) is 4.85 Å². The highest BCUT2D eigenvalue weighted by atomic mass is 35.5. The highest BCUT2D eigenvalue weighted by molar-refractivity contribution is 6.33. The molecule has 0 aromatic heterocycles. The van der Waals surface area contributed by atoms with Crippen LogP contribution in [0, 0.1) is 6.57 Å². The van der Waals surface area contributed by atoms with Gasteiger partial charge in [-0.05, 0) is 67.5 Å². The number of hydrogen-bond acceptors (Lipinski definition) is 4. The second-order valence-corrected chi connectivity index (χ2v) is 9.04. The maximum Gasteiger partial charge on any atom is 0.317 e. The number of nitrogens with one attached hydrogen (secondary N) is 1. The van der Waals surface area contributed by atoms with Crippen LogP contribution < -0.4 is 10.1 Å². The summed E-state index contributed by atoms with van der Waals surface area (Å²) in [5.41, 5.74) is 3.26. The van der Waals surface area contributed by atoms with Crippen LogP contribution in [0.2, 0.25) is 5.02 Å². The molecule has 7 nitrogen and oxygen atoms in total. The molecule has 172 valence electrons. The average Bonchev–Trinajstić information content (AvgIpc) is 2.80. The predicted molar refractivity (Wildman–Crippen MR) is 125 cm³/mol. The Labute approximate surface area is 198 Å². The van der Waals surface area contributed by atoms with Crippen molar-refractivity contribution in [2.45, 2.75) is 50.8 Å². The number of amides is 1. The Kier molecular flexibility index (Phi) is 7.17. The minimum Gasteiger partial charge on any atom is -0.490 e. The first kappa shape index (κ1) is 23.1. The highest BCUT2D eigenvalue weighted by Crippen LogP contribution is 2.31. The van der Waals surface area contributed by atoms with Gasteiger partial charge in [-0.15, -0.1) is 0 Å². The molecular weight excluding hydrogens is 442 g/mol. The summed E-state index contributed by atoms with van der Waals surface area (Å²) in [5, 5.41) is 12.5. The van der Waals surface area contributed by atoms with E-state index in [0.717, 1.165) is 43.2 Å². The third-order valence-electron chi connectivity index (χ3n) is 6.27. The number of rotatable bonds is 6. The lowest BCUT2D eigenvalue weighted by Crippen LogP contribution is -2.40. The Morgan fingerprint density at radius 1 is 1.15 bits per heavy atom. The minimum absolute atomic E-state index is 0.0351. The molecule has 33 heavy (non-hydrogen) atoms. The van der Waals surface area contributed by atoms with E-state index in [2.05, 4.69) is 10.2 Å². The van der Waals surface area contributed by atoms with Crippen LogP contribution in [0.3, 0.4) is 0 Å². The fourth-order valence-corrected chi connectivity index (χ4v) is 4.73. The SMILES string of the molecule is [C-]#[N+]c1ccc(OC2CCC(NC(=O)c3ccc4c(c3)CCN(CC(=O)O)C4)CC2)cc1Cl. The number of hydrogen-bond donors (Lipinski definition) is 2. The van der Waals surface area contributed by atoms with Crippen LogP contribution in [0.25, 0.3) is 4.85 Å². The van der Waals surface area contributed by atoms with Gasteiger partial charge >= 0.3 is 5.97 Å². The van der Waals surface area contributed by atoms with Gasteiger partial charge in [-0.1, -0.05) is 23.7 Å². The van der Waals surface area contributed by atoms with E-state index in [-0.39, 0.29) is 24.6 Å². The van der Waals surface area contributed by atoms with Gasteiger partial charge in [-0.2, -0.15) is 0 Å². The van der Waals surface area contributed by atoms with E-state index >= 15 is 0 Å². The van der Waals surface area contributed by atoms with Gasteiger partial charge in [-0.3, -0.25) is 14.5 Å². The van der Waals surface area contributed by atoms with Crippen molar-refractivity contribution in [2.24, 2.45) is 0 Å². The van der Waals surface area contributed by atoms with E-state index < -0.39 is 5.97 Å². The second-order valence-electron chi connectivity index (χ2n) is 8.63. The number of ether oxygens (including phenoxy) is 1. The van der Waals surface area contributed by atoms with Crippen LogP contribution >= 0.6 is 11.6 Å². The number of carboxylic acids is 1. The Morgan fingerprint density at radius 3 is 2.64 bits per heavy atom. The molecule has 0 spiro atoms. The standard InChI is InChI=1S/C25H26ClN3O4/c1-27-23-9-8-21(13-22(23)26)33-20-6-4-19(5-7-20)28-25(32)17-2-3-18-14-29(15-24(30)31)11-10-16(18)12-17/h2-3,8-9,12-13,19-20H,4-7,10-11,14-15H2,(H,28,32)(H,30,31). The van der Waals surface area contributed by atoms with Gasteiger partial charge in [0.2, 0.25) is 5.69 Å². The van der Waals surface area contributed by atoms with E-state index in [0.29, 0.717) is 35.1 Å². The molecule has 2 aromatic rings. The van der Waals surface area contributed by atoms with Crippen molar-refractivity contribution in [1.82, 2.24) is 10.2 Å².